The van der Waals surface area contributed by atoms with Crippen molar-refractivity contribution < 1.29 is 37.0 Å². The number of rotatable bonds is 7. The molecule has 2 aromatic rings. The summed E-state index contributed by atoms with van der Waals surface area (Å²) in [6.07, 6.45) is -3.65. The van der Waals surface area contributed by atoms with E-state index in [9.17, 15) is 23.3 Å². The van der Waals surface area contributed by atoms with Crippen LogP contribution in [-0.4, -0.2) is 31.0 Å². The number of alkyl halides is 3. The van der Waals surface area contributed by atoms with Crippen LogP contribution < -0.4 is 14.2 Å². The molecule has 33 heavy (non-hydrogen) atoms. The number of hydrogen-bond acceptors (Lipinski definition) is 6. The third kappa shape index (κ3) is 5.00. The van der Waals surface area contributed by atoms with Gasteiger partial charge in [-0.2, -0.15) is 13.2 Å². The minimum atomic E-state index is -4.87. The lowest BCUT2D eigenvalue weighted by atomic mass is 9.87. The van der Waals surface area contributed by atoms with E-state index >= 15 is 0 Å². The predicted octanol–water partition coefficient (Wildman–Crippen LogP) is 5.68. The van der Waals surface area contributed by atoms with E-state index in [4.69, 9.17) is 18.9 Å². The zero-order chi connectivity index (χ0) is 24.6. The van der Waals surface area contributed by atoms with Crippen molar-refractivity contribution >= 4 is 5.69 Å². The highest BCUT2D eigenvalue weighted by Crippen LogP contribution is 2.44. The number of nitrogens with zero attached hydrogens (tertiary/aromatic N) is 1. The van der Waals surface area contributed by atoms with E-state index in [-0.39, 0.29) is 19.1 Å². The molecule has 0 amide bonds. The molecule has 2 aromatic carbocycles. The van der Waals surface area contributed by atoms with E-state index in [1.54, 1.807) is 7.11 Å². The molecule has 1 aliphatic heterocycles. The summed E-state index contributed by atoms with van der Waals surface area (Å²) >= 11 is 0. The van der Waals surface area contributed by atoms with Crippen LogP contribution in [0.15, 0.2) is 18.2 Å². The lowest BCUT2D eigenvalue weighted by Crippen LogP contribution is -2.42. The van der Waals surface area contributed by atoms with Gasteiger partial charge >= 0.3 is 6.18 Å². The smallest absolute Gasteiger partial charge is 0.423 e. The molecule has 0 fully saturated rings. The summed E-state index contributed by atoms with van der Waals surface area (Å²) in [7, 11) is 1.55. The second-order valence-electron chi connectivity index (χ2n) is 8.34. The van der Waals surface area contributed by atoms with Crippen molar-refractivity contribution in [2.24, 2.45) is 0 Å². The lowest BCUT2D eigenvalue weighted by molar-refractivity contribution is -0.388. The Labute approximate surface area is 189 Å². The first-order valence-electron chi connectivity index (χ1n) is 10.3. The third-order valence-corrected chi connectivity index (χ3v) is 5.90. The molecule has 1 aliphatic rings. The van der Waals surface area contributed by atoms with Crippen LogP contribution in [-0.2, 0) is 17.3 Å². The van der Waals surface area contributed by atoms with Crippen molar-refractivity contribution in [1.82, 2.24) is 0 Å². The first-order valence-corrected chi connectivity index (χ1v) is 10.3. The Hall–Kier alpha value is -3.01. The van der Waals surface area contributed by atoms with Crippen molar-refractivity contribution in [1.29, 1.82) is 0 Å². The molecule has 0 aromatic heterocycles. The molecular weight excluding hydrogens is 443 g/mol. The summed E-state index contributed by atoms with van der Waals surface area (Å²) in [5.74, 6) is 1.35. The average Bonchev–Trinajstić information content (AvgIpc) is 2.75. The normalized spacial score (nSPS) is 17.8. The number of benzene rings is 2. The number of fused-ring (bicyclic) bond motifs is 1. The largest absolute Gasteiger partial charge is 0.489 e. The first-order chi connectivity index (χ1) is 15.4. The van der Waals surface area contributed by atoms with Gasteiger partial charge in [0.2, 0.25) is 0 Å². The van der Waals surface area contributed by atoms with Crippen molar-refractivity contribution in [3.05, 3.63) is 56.1 Å². The minimum Gasteiger partial charge on any atom is -0.489 e. The van der Waals surface area contributed by atoms with E-state index in [0.29, 0.717) is 24.7 Å². The van der Waals surface area contributed by atoms with Crippen LogP contribution in [0, 0.1) is 30.9 Å². The molecule has 1 unspecified atom stereocenters. The Morgan fingerprint density at radius 2 is 1.85 bits per heavy atom. The molecule has 180 valence electrons. The number of hydrogen-bond donors (Lipinski definition) is 0. The molecule has 0 N–H and O–H groups in total. The maximum atomic E-state index is 13.3. The lowest BCUT2D eigenvalue weighted by Gasteiger charge is -2.38. The monoisotopic (exact) mass is 469 g/mol. The highest BCUT2D eigenvalue weighted by Gasteiger charge is 2.39. The molecule has 3 rings (SSSR count). The van der Waals surface area contributed by atoms with E-state index in [1.165, 1.54) is 0 Å². The van der Waals surface area contributed by atoms with Gasteiger partial charge in [0.15, 0.2) is 6.79 Å². The topological polar surface area (TPSA) is 80.1 Å². The van der Waals surface area contributed by atoms with Gasteiger partial charge in [0, 0.05) is 18.7 Å². The maximum Gasteiger partial charge on any atom is 0.423 e. The van der Waals surface area contributed by atoms with Gasteiger partial charge in [-0.25, -0.2) is 0 Å². The fourth-order valence-corrected chi connectivity index (χ4v) is 3.94. The number of nitro groups is 1. The fourth-order valence-electron chi connectivity index (χ4n) is 3.94. The highest BCUT2D eigenvalue weighted by molar-refractivity contribution is 5.59. The standard InChI is InChI=1S/C23H26F3NO6/c1-13-14(2)21-17(15(3)20(13)32-12-30-5)8-9-22(4,33-21)11-31-16-6-7-19(27(28)29)18(10-16)23(24,25)26/h6-7,10H,8-9,11-12H2,1-5H3. The Kier molecular flexibility index (Phi) is 6.78. The van der Waals surface area contributed by atoms with Crippen molar-refractivity contribution in [2.45, 2.75) is 52.3 Å². The quantitative estimate of drug-likeness (QED) is 0.295. The van der Waals surface area contributed by atoms with Crippen molar-refractivity contribution in [3.63, 3.8) is 0 Å². The van der Waals surface area contributed by atoms with Gasteiger partial charge in [-0.3, -0.25) is 10.1 Å². The molecular formula is C23H26F3NO6. The summed E-state index contributed by atoms with van der Waals surface area (Å²) in [5, 5.41) is 11.0. The van der Waals surface area contributed by atoms with Crippen molar-refractivity contribution in [3.8, 4) is 17.2 Å². The molecule has 10 heteroatoms. The Bertz CT molecular complexity index is 1070. The third-order valence-electron chi connectivity index (χ3n) is 5.90. The highest BCUT2D eigenvalue weighted by atomic mass is 19.4. The minimum absolute atomic E-state index is 0.0268. The molecule has 1 heterocycles. The first kappa shape index (κ1) is 24.6. The molecule has 0 aliphatic carbocycles. The van der Waals surface area contributed by atoms with E-state index in [0.717, 1.165) is 40.1 Å². The number of methoxy groups -OCH3 is 1. The van der Waals surface area contributed by atoms with Crippen LogP contribution in [0.2, 0.25) is 0 Å². The number of halogens is 3. The fraction of sp³-hybridized carbons (Fsp3) is 0.478. The zero-order valence-electron chi connectivity index (χ0n) is 19.1. The maximum absolute atomic E-state index is 13.3. The molecule has 0 saturated carbocycles. The van der Waals surface area contributed by atoms with Crippen LogP contribution in [0.25, 0.3) is 0 Å². The SMILES string of the molecule is COCOc1c(C)c(C)c2c(c1C)CCC(C)(COc1ccc([N+](=O)[O-])c(C(F)(F)F)c1)O2. The van der Waals surface area contributed by atoms with Gasteiger partial charge < -0.3 is 18.9 Å². The molecule has 1 atom stereocenters. The Balaban J connectivity index is 1.84. The van der Waals surface area contributed by atoms with Crippen molar-refractivity contribution in [2.75, 3.05) is 20.5 Å². The number of ether oxygens (including phenoxy) is 4. The Morgan fingerprint density at radius 3 is 2.45 bits per heavy atom. The van der Waals surface area contributed by atoms with Gasteiger partial charge in [-0.15, -0.1) is 0 Å². The van der Waals surface area contributed by atoms with Crippen LogP contribution in [0.3, 0.4) is 0 Å². The second kappa shape index (κ2) is 9.09. The van der Waals surface area contributed by atoms with Crippen LogP contribution in [0.1, 0.15) is 41.2 Å². The van der Waals surface area contributed by atoms with Gasteiger partial charge in [-0.05, 0) is 69.4 Å². The van der Waals surface area contributed by atoms with Crippen LogP contribution >= 0.6 is 0 Å². The summed E-state index contributed by atoms with van der Waals surface area (Å²) in [5.41, 5.74) is 0.620. The molecule has 0 radical (unpaired) electrons. The van der Waals surface area contributed by atoms with E-state index in [2.05, 4.69) is 0 Å². The van der Waals surface area contributed by atoms with Gasteiger partial charge in [-0.1, -0.05) is 0 Å². The van der Waals surface area contributed by atoms with Crippen LogP contribution in [0.5, 0.6) is 17.2 Å². The van der Waals surface area contributed by atoms with E-state index in [1.807, 2.05) is 27.7 Å². The van der Waals surface area contributed by atoms with Gasteiger partial charge in [0.25, 0.3) is 5.69 Å². The van der Waals surface area contributed by atoms with Gasteiger partial charge in [0.1, 0.15) is 35.0 Å². The molecule has 0 bridgehead atoms. The van der Waals surface area contributed by atoms with Gasteiger partial charge in [0.05, 0.1) is 4.92 Å². The molecule has 7 nitrogen and oxygen atoms in total. The van der Waals surface area contributed by atoms with E-state index < -0.39 is 28.0 Å². The summed E-state index contributed by atoms with van der Waals surface area (Å²) < 4.78 is 62.5. The Morgan fingerprint density at radius 1 is 1.15 bits per heavy atom. The average molecular weight is 469 g/mol. The predicted molar refractivity (Wildman–Crippen MR) is 114 cm³/mol. The summed E-state index contributed by atoms with van der Waals surface area (Å²) in [6, 6.07) is 2.61. The van der Waals surface area contributed by atoms with Crippen LogP contribution in [0.4, 0.5) is 18.9 Å². The second-order valence-corrected chi connectivity index (χ2v) is 8.34. The zero-order valence-corrected chi connectivity index (χ0v) is 19.1. The summed E-state index contributed by atoms with van der Waals surface area (Å²) in [6.45, 7) is 7.73. The molecule has 0 saturated heterocycles. The molecule has 0 spiro atoms. The number of nitro benzene ring substituents is 1. The summed E-state index contributed by atoms with van der Waals surface area (Å²) in [4.78, 5) is 9.89.